The number of benzene rings is 1. The molecule has 3 heterocycles. The van der Waals surface area contributed by atoms with E-state index in [9.17, 15) is 9.59 Å². The number of likely N-dealkylation sites (tertiary alicyclic amines) is 2. The van der Waals surface area contributed by atoms with Crippen LogP contribution in [0.5, 0.6) is 17.4 Å². The first-order chi connectivity index (χ1) is 15.7. The Balaban J connectivity index is 1.14. The Bertz CT molecular complexity index is 877. The van der Waals surface area contributed by atoms with Gasteiger partial charge in [0.1, 0.15) is 11.5 Å². The fraction of sp³-hybridized carbons (Fsp3) is 0.458. The van der Waals surface area contributed by atoms with Crippen LogP contribution in [0.4, 0.5) is 0 Å². The highest BCUT2D eigenvalue weighted by molar-refractivity contribution is 5.79. The third-order valence-corrected chi connectivity index (χ3v) is 5.82. The van der Waals surface area contributed by atoms with E-state index in [-0.39, 0.29) is 24.5 Å². The van der Waals surface area contributed by atoms with Gasteiger partial charge in [-0.25, -0.2) is 4.98 Å². The molecule has 1 aromatic carbocycles. The van der Waals surface area contributed by atoms with Gasteiger partial charge in [-0.2, -0.15) is 0 Å². The Hall–Kier alpha value is -3.13. The molecular formula is C24H30N4O4. The van der Waals surface area contributed by atoms with Gasteiger partial charge in [-0.1, -0.05) is 6.07 Å². The van der Waals surface area contributed by atoms with Crippen molar-refractivity contribution in [2.75, 3.05) is 39.3 Å². The average molecular weight is 439 g/mol. The molecule has 2 aliphatic rings. The molecule has 1 aromatic heterocycles. The van der Waals surface area contributed by atoms with Crippen LogP contribution >= 0.6 is 0 Å². The van der Waals surface area contributed by atoms with Gasteiger partial charge in [-0.3, -0.25) is 14.5 Å². The van der Waals surface area contributed by atoms with Crippen molar-refractivity contribution in [3.05, 3.63) is 48.7 Å². The van der Waals surface area contributed by atoms with Gasteiger partial charge in [-0.05, 0) is 56.0 Å². The van der Waals surface area contributed by atoms with Crippen LogP contribution in [0.25, 0.3) is 0 Å². The molecular weight excluding hydrogens is 408 g/mol. The van der Waals surface area contributed by atoms with Crippen LogP contribution in [-0.4, -0.2) is 72.0 Å². The number of aromatic nitrogens is 1. The largest absolute Gasteiger partial charge is 0.484 e. The van der Waals surface area contributed by atoms with Crippen LogP contribution in [0.3, 0.4) is 0 Å². The van der Waals surface area contributed by atoms with Crippen molar-refractivity contribution in [2.45, 2.75) is 31.7 Å². The van der Waals surface area contributed by atoms with E-state index in [1.807, 2.05) is 17.0 Å². The Morgan fingerprint density at radius 1 is 0.969 bits per heavy atom. The third kappa shape index (κ3) is 6.43. The highest BCUT2D eigenvalue weighted by atomic mass is 16.5. The predicted octanol–water partition coefficient (Wildman–Crippen LogP) is 2.46. The molecule has 32 heavy (non-hydrogen) atoms. The monoisotopic (exact) mass is 438 g/mol. The van der Waals surface area contributed by atoms with Gasteiger partial charge in [-0.15, -0.1) is 0 Å². The number of ether oxygens (including phenoxy) is 2. The van der Waals surface area contributed by atoms with Crippen molar-refractivity contribution < 1.29 is 19.1 Å². The standard InChI is InChI=1S/C24H30N4O4/c29-22(18-31-20-6-8-21(9-7-20)32-23-5-1-2-12-25-23)26-19-10-15-27(16-11-19)17-24(30)28-13-3-4-14-28/h1-2,5-9,12,19H,3-4,10-11,13-18H2,(H,26,29). The number of amides is 2. The number of nitrogens with zero attached hydrogens (tertiary/aromatic N) is 3. The maximum Gasteiger partial charge on any atom is 0.258 e. The molecule has 2 amide bonds. The van der Waals surface area contributed by atoms with Gasteiger partial charge in [0.25, 0.3) is 5.91 Å². The molecule has 0 aliphatic carbocycles. The summed E-state index contributed by atoms with van der Waals surface area (Å²) >= 11 is 0. The summed E-state index contributed by atoms with van der Waals surface area (Å²) in [7, 11) is 0. The van der Waals surface area contributed by atoms with Crippen molar-refractivity contribution in [3.63, 3.8) is 0 Å². The lowest BCUT2D eigenvalue weighted by Gasteiger charge is -2.32. The van der Waals surface area contributed by atoms with Gasteiger partial charge in [0.2, 0.25) is 11.8 Å². The summed E-state index contributed by atoms with van der Waals surface area (Å²) in [4.78, 5) is 32.8. The summed E-state index contributed by atoms with van der Waals surface area (Å²) in [6, 6.07) is 12.7. The number of rotatable bonds is 8. The molecule has 0 radical (unpaired) electrons. The van der Waals surface area contributed by atoms with Gasteiger partial charge >= 0.3 is 0 Å². The molecule has 8 nitrogen and oxygen atoms in total. The number of pyridine rings is 1. The fourth-order valence-corrected chi connectivity index (χ4v) is 4.04. The molecule has 1 N–H and O–H groups in total. The fourth-order valence-electron chi connectivity index (χ4n) is 4.04. The van der Waals surface area contributed by atoms with Crippen molar-refractivity contribution in [1.82, 2.24) is 20.1 Å². The number of piperidine rings is 1. The average Bonchev–Trinajstić information content (AvgIpc) is 3.36. The number of carbonyl (C=O) groups is 2. The van der Waals surface area contributed by atoms with Crippen LogP contribution in [0.15, 0.2) is 48.7 Å². The number of hydrogen-bond donors (Lipinski definition) is 1. The zero-order valence-electron chi connectivity index (χ0n) is 18.2. The van der Waals surface area contributed by atoms with E-state index < -0.39 is 0 Å². The van der Waals surface area contributed by atoms with Crippen LogP contribution in [-0.2, 0) is 9.59 Å². The summed E-state index contributed by atoms with van der Waals surface area (Å²) in [5.74, 6) is 1.87. The molecule has 4 rings (SSSR count). The third-order valence-electron chi connectivity index (χ3n) is 5.82. The van der Waals surface area contributed by atoms with E-state index in [0.29, 0.717) is 23.9 Å². The van der Waals surface area contributed by atoms with Gasteiger partial charge in [0.15, 0.2) is 6.61 Å². The summed E-state index contributed by atoms with van der Waals surface area (Å²) in [6.07, 6.45) is 5.59. The Labute approximate surface area is 188 Å². The number of hydrogen-bond acceptors (Lipinski definition) is 6. The molecule has 0 saturated carbocycles. The molecule has 0 bridgehead atoms. The van der Waals surface area contributed by atoms with Crippen molar-refractivity contribution >= 4 is 11.8 Å². The topological polar surface area (TPSA) is 84.0 Å². The summed E-state index contributed by atoms with van der Waals surface area (Å²) in [5.41, 5.74) is 0. The number of carbonyl (C=O) groups excluding carboxylic acids is 2. The van der Waals surface area contributed by atoms with E-state index >= 15 is 0 Å². The summed E-state index contributed by atoms with van der Waals surface area (Å²) < 4.78 is 11.2. The van der Waals surface area contributed by atoms with E-state index in [1.54, 1.807) is 36.5 Å². The molecule has 2 saturated heterocycles. The van der Waals surface area contributed by atoms with Crippen LogP contribution in [0.1, 0.15) is 25.7 Å². The maximum atomic E-state index is 12.3. The lowest BCUT2D eigenvalue weighted by atomic mass is 10.1. The Morgan fingerprint density at radius 3 is 2.38 bits per heavy atom. The normalized spacial score (nSPS) is 17.2. The summed E-state index contributed by atoms with van der Waals surface area (Å²) in [6.45, 7) is 3.89. The smallest absolute Gasteiger partial charge is 0.258 e. The molecule has 2 fully saturated rings. The zero-order valence-corrected chi connectivity index (χ0v) is 18.2. The highest BCUT2D eigenvalue weighted by Crippen LogP contribution is 2.22. The van der Waals surface area contributed by atoms with Crippen molar-refractivity contribution in [3.8, 4) is 17.4 Å². The molecule has 0 spiro atoms. The van der Waals surface area contributed by atoms with Gasteiger partial charge in [0.05, 0.1) is 6.54 Å². The van der Waals surface area contributed by atoms with E-state index in [0.717, 1.165) is 51.9 Å². The minimum absolute atomic E-state index is 0.0336. The minimum Gasteiger partial charge on any atom is -0.484 e. The second-order valence-electron chi connectivity index (χ2n) is 8.24. The zero-order chi connectivity index (χ0) is 22.2. The molecule has 8 heteroatoms. The predicted molar refractivity (Wildman–Crippen MR) is 120 cm³/mol. The van der Waals surface area contributed by atoms with Crippen LogP contribution in [0.2, 0.25) is 0 Å². The van der Waals surface area contributed by atoms with Crippen molar-refractivity contribution in [1.29, 1.82) is 0 Å². The Kier molecular flexibility index (Phi) is 7.55. The van der Waals surface area contributed by atoms with Crippen LogP contribution in [0, 0.1) is 0 Å². The quantitative estimate of drug-likeness (QED) is 0.682. The molecule has 2 aliphatic heterocycles. The molecule has 170 valence electrons. The van der Waals surface area contributed by atoms with E-state index in [1.165, 1.54) is 0 Å². The Morgan fingerprint density at radius 2 is 1.69 bits per heavy atom. The van der Waals surface area contributed by atoms with Gasteiger partial charge < -0.3 is 19.7 Å². The lowest BCUT2D eigenvalue weighted by molar-refractivity contribution is -0.132. The lowest BCUT2D eigenvalue weighted by Crippen LogP contribution is -2.48. The molecule has 2 aromatic rings. The maximum absolute atomic E-state index is 12.3. The highest BCUT2D eigenvalue weighted by Gasteiger charge is 2.25. The van der Waals surface area contributed by atoms with E-state index in [4.69, 9.17) is 9.47 Å². The SMILES string of the molecule is O=C(COc1ccc(Oc2ccccn2)cc1)NC1CCN(CC(=O)N2CCCC2)CC1. The first kappa shape index (κ1) is 22.1. The van der Waals surface area contributed by atoms with E-state index in [2.05, 4.69) is 15.2 Å². The van der Waals surface area contributed by atoms with Gasteiger partial charge in [0, 0.05) is 44.5 Å². The minimum atomic E-state index is -0.134. The second kappa shape index (κ2) is 10.9. The number of nitrogens with one attached hydrogen (secondary N) is 1. The molecule has 0 atom stereocenters. The molecule has 0 unspecified atom stereocenters. The second-order valence-corrected chi connectivity index (χ2v) is 8.24. The first-order valence-electron chi connectivity index (χ1n) is 11.3. The summed E-state index contributed by atoms with van der Waals surface area (Å²) in [5, 5.41) is 3.04. The first-order valence-corrected chi connectivity index (χ1v) is 11.3. The van der Waals surface area contributed by atoms with Crippen molar-refractivity contribution in [2.24, 2.45) is 0 Å². The van der Waals surface area contributed by atoms with Crippen LogP contribution < -0.4 is 14.8 Å².